The van der Waals surface area contributed by atoms with Crippen LogP contribution >= 0.6 is 0 Å². The standard InChI is InChI=1S/C26H36N2/c1-19-11-9-10-16-24(19)28-20(2)25-23(21-12-5-3-6-13-21)17-18-27(25)26(28)22-14-7-4-8-15-22/h9-11,16-18,21-23,26H,3-8,12-15H2,1-2H3/i23D. The van der Waals surface area contributed by atoms with Crippen LogP contribution in [0.5, 0.6) is 0 Å². The van der Waals surface area contributed by atoms with Crippen molar-refractivity contribution in [3.8, 4) is 0 Å². The van der Waals surface area contributed by atoms with Crippen molar-refractivity contribution in [1.82, 2.24) is 4.90 Å². The van der Waals surface area contributed by atoms with Crippen LogP contribution in [0.2, 0.25) is 0 Å². The third-order valence-corrected chi connectivity index (χ3v) is 7.69. The minimum Gasteiger partial charge on any atom is -0.328 e. The summed E-state index contributed by atoms with van der Waals surface area (Å²) in [5.41, 5.74) is 5.28. The lowest BCUT2D eigenvalue weighted by atomic mass is 9.79. The van der Waals surface area contributed by atoms with Crippen molar-refractivity contribution in [1.29, 1.82) is 0 Å². The highest BCUT2D eigenvalue weighted by Crippen LogP contribution is 2.50. The lowest BCUT2D eigenvalue weighted by Gasteiger charge is -2.40. The minimum atomic E-state index is -0.547. The Kier molecular flexibility index (Phi) is 4.67. The van der Waals surface area contributed by atoms with Gasteiger partial charge in [0, 0.05) is 30.5 Å². The number of rotatable bonds is 3. The van der Waals surface area contributed by atoms with Gasteiger partial charge in [0.25, 0.3) is 0 Å². The highest BCUT2D eigenvalue weighted by Gasteiger charge is 2.46. The molecule has 28 heavy (non-hydrogen) atoms. The molecule has 2 aliphatic heterocycles. The van der Waals surface area contributed by atoms with E-state index in [4.69, 9.17) is 0 Å². The molecule has 0 amide bonds. The maximum absolute atomic E-state index is 9.63. The van der Waals surface area contributed by atoms with Gasteiger partial charge in [-0.1, -0.05) is 62.8 Å². The number of hydrogen-bond acceptors (Lipinski definition) is 2. The summed E-state index contributed by atoms with van der Waals surface area (Å²) in [5.74, 6) is 0.593. The summed E-state index contributed by atoms with van der Waals surface area (Å²) in [5, 5.41) is 0. The topological polar surface area (TPSA) is 6.48 Å². The lowest BCUT2D eigenvalue weighted by Crippen LogP contribution is -2.44. The van der Waals surface area contributed by atoms with Crippen LogP contribution < -0.4 is 4.90 Å². The van der Waals surface area contributed by atoms with Gasteiger partial charge in [0.2, 0.25) is 0 Å². The van der Waals surface area contributed by atoms with Crippen molar-refractivity contribution in [2.45, 2.75) is 84.2 Å². The van der Waals surface area contributed by atoms with Gasteiger partial charge in [-0.25, -0.2) is 0 Å². The third kappa shape index (κ3) is 3.00. The van der Waals surface area contributed by atoms with Crippen molar-refractivity contribution < 1.29 is 1.37 Å². The zero-order valence-corrected chi connectivity index (χ0v) is 17.7. The molecular weight excluding hydrogens is 340 g/mol. The van der Waals surface area contributed by atoms with Crippen molar-refractivity contribution in [3.63, 3.8) is 0 Å². The van der Waals surface area contributed by atoms with Gasteiger partial charge in [0.05, 0.1) is 0 Å². The quantitative estimate of drug-likeness (QED) is 0.560. The minimum absolute atomic E-state index is 0.346. The van der Waals surface area contributed by atoms with E-state index in [9.17, 15) is 1.37 Å². The number of aryl methyl sites for hydroxylation is 1. The largest absolute Gasteiger partial charge is 0.328 e. The van der Waals surface area contributed by atoms with Crippen LogP contribution in [-0.4, -0.2) is 11.1 Å². The molecule has 4 aliphatic rings. The summed E-state index contributed by atoms with van der Waals surface area (Å²) in [6.07, 6.45) is 17.9. The third-order valence-electron chi connectivity index (χ3n) is 7.69. The first-order chi connectivity index (χ1) is 14.1. The summed E-state index contributed by atoms with van der Waals surface area (Å²) in [6.45, 7) is 4.52. The summed E-state index contributed by atoms with van der Waals surface area (Å²) in [7, 11) is 0. The molecule has 2 nitrogen and oxygen atoms in total. The number of allylic oxidation sites excluding steroid dienone is 2. The predicted molar refractivity (Wildman–Crippen MR) is 118 cm³/mol. The maximum Gasteiger partial charge on any atom is 0.113 e. The fourth-order valence-electron chi connectivity index (χ4n) is 6.29. The zero-order chi connectivity index (χ0) is 20.0. The smallest absolute Gasteiger partial charge is 0.113 e. The number of anilines is 1. The van der Waals surface area contributed by atoms with E-state index >= 15 is 0 Å². The van der Waals surface area contributed by atoms with Crippen LogP contribution in [0.25, 0.3) is 0 Å². The first kappa shape index (κ1) is 17.2. The van der Waals surface area contributed by atoms with Gasteiger partial charge >= 0.3 is 0 Å². The van der Waals surface area contributed by atoms with Crippen LogP contribution in [0.1, 0.15) is 78.1 Å². The number of fused-ring (bicyclic) bond motifs is 1. The van der Waals surface area contributed by atoms with Gasteiger partial charge in [-0.2, -0.15) is 0 Å². The Morgan fingerprint density at radius 3 is 2.18 bits per heavy atom. The Hall–Kier alpha value is -1.70. The second-order valence-electron chi connectivity index (χ2n) is 9.42. The molecule has 2 atom stereocenters. The number of benzene rings is 1. The number of hydrogen-bond donors (Lipinski definition) is 0. The molecule has 2 unspecified atom stereocenters. The zero-order valence-electron chi connectivity index (χ0n) is 18.7. The molecule has 2 aliphatic carbocycles. The number of nitrogens with zero attached hydrogens (tertiary/aromatic N) is 2. The van der Waals surface area contributed by atoms with Gasteiger partial charge in [-0.15, -0.1) is 0 Å². The van der Waals surface area contributed by atoms with E-state index in [1.165, 1.54) is 86.9 Å². The van der Waals surface area contributed by atoms with Crippen molar-refractivity contribution in [2.24, 2.45) is 17.7 Å². The molecule has 2 saturated carbocycles. The molecule has 5 rings (SSSR count). The average Bonchev–Trinajstić information content (AvgIpc) is 3.26. The molecule has 2 heteroatoms. The van der Waals surface area contributed by atoms with Crippen LogP contribution in [-0.2, 0) is 0 Å². The normalized spacial score (nSPS) is 32.2. The SMILES string of the molecule is [2H]C1(C2CCCCC2)C=CN2C1=C(C)N(c1ccccc1C)C2C1CCCCC1. The second-order valence-corrected chi connectivity index (χ2v) is 9.42. The summed E-state index contributed by atoms with van der Waals surface area (Å²) < 4.78 is 9.63. The molecule has 0 N–H and O–H groups in total. The molecule has 2 heterocycles. The Labute approximate surface area is 172 Å². The van der Waals surface area contributed by atoms with Crippen LogP contribution in [0, 0.1) is 24.7 Å². The van der Waals surface area contributed by atoms with Crippen LogP contribution in [0.15, 0.2) is 47.9 Å². The van der Waals surface area contributed by atoms with Crippen LogP contribution in [0.3, 0.4) is 0 Å². The molecule has 0 aromatic heterocycles. The predicted octanol–water partition coefficient (Wildman–Crippen LogP) is 6.98. The highest BCUT2D eigenvalue weighted by molar-refractivity contribution is 5.62. The summed E-state index contributed by atoms with van der Waals surface area (Å²) >= 11 is 0. The summed E-state index contributed by atoms with van der Waals surface area (Å²) in [6, 6.07) is 8.84. The fourth-order valence-corrected chi connectivity index (χ4v) is 6.29. The summed E-state index contributed by atoms with van der Waals surface area (Å²) in [4.78, 5) is 5.13. The van der Waals surface area contributed by atoms with E-state index in [0.29, 0.717) is 18.0 Å². The average molecular weight is 378 g/mol. The molecule has 1 aromatic carbocycles. The monoisotopic (exact) mass is 377 g/mol. The Bertz CT molecular complexity index is 816. The van der Waals surface area contributed by atoms with Gasteiger partial charge in [-0.05, 0) is 63.0 Å². The van der Waals surface area contributed by atoms with E-state index in [2.05, 4.69) is 60.2 Å². The van der Waals surface area contributed by atoms with E-state index in [-0.39, 0.29) is 0 Å². The fraction of sp³-hybridized carbons (Fsp3) is 0.615. The number of para-hydroxylation sites is 1. The van der Waals surface area contributed by atoms with Crippen LogP contribution in [0.4, 0.5) is 5.69 Å². The first-order valence-electron chi connectivity index (χ1n) is 12.1. The molecular formula is C26H36N2. The molecule has 0 saturated heterocycles. The van der Waals surface area contributed by atoms with Gasteiger partial charge in [-0.3, -0.25) is 0 Å². The Balaban J connectivity index is 1.59. The van der Waals surface area contributed by atoms with E-state index in [1.54, 1.807) is 0 Å². The van der Waals surface area contributed by atoms with E-state index in [1.807, 2.05) is 0 Å². The molecule has 0 bridgehead atoms. The molecule has 150 valence electrons. The molecule has 0 spiro atoms. The van der Waals surface area contributed by atoms with Crippen molar-refractivity contribution >= 4 is 5.69 Å². The highest BCUT2D eigenvalue weighted by atomic mass is 15.4. The maximum atomic E-state index is 9.63. The molecule has 1 aromatic rings. The lowest BCUT2D eigenvalue weighted by molar-refractivity contribution is 0.202. The van der Waals surface area contributed by atoms with Crippen molar-refractivity contribution in [2.75, 3.05) is 4.90 Å². The van der Waals surface area contributed by atoms with Gasteiger partial charge in [0.15, 0.2) is 0 Å². The molecule has 2 fully saturated rings. The van der Waals surface area contributed by atoms with Gasteiger partial charge < -0.3 is 9.80 Å². The van der Waals surface area contributed by atoms with Gasteiger partial charge in [0.1, 0.15) is 6.17 Å². The second kappa shape index (κ2) is 7.61. The Morgan fingerprint density at radius 1 is 0.857 bits per heavy atom. The Morgan fingerprint density at radius 2 is 1.50 bits per heavy atom. The van der Waals surface area contributed by atoms with E-state index in [0.717, 1.165) is 0 Å². The van der Waals surface area contributed by atoms with E-state index < -0.39 is 5.89 Å². The molecule has 0 radical (unpaired) electrons. The first-order valence-corrected chi connectivity index (χ1v) is 11.6. The van der Waals surface area contributed by atoms with Crippen molar-refractivity contribution in [3.05, 3.63) is 53.5 Å².